The maximum atomic E-state index is 12.3. The van der Waals surface area contributed by atoms with Crippen LogP contribution in [0.4, 0.5) is 5.69 Å². The summed E-state index contributed by atoms with van der Waals surface area (Å²) in [4.78, 5) is 24.4. The highest BCUT2D eigenvalue weighted by molar-refractivity contribution is 6.34. The second-order valence-corrected chi connectivity index (χ2v) is 6.18. The predicted molar refractivity (Wildman–Crippen MR) is 101 cm³/mol. The maximum Gasteiger partial charge on any atom is 0.251 e. The molecule has 2 aromatic rings. The topological polar surface area (TPSA) is 76.7 Å². The van der Waals surface area contributed by atoms with E-state index in [4.69, 9.17) is 21.1 Å². The van der Waals surface area contributed by atoms with Crippen LogP contribution in [0.5, 0.6) is 11.5 Å². The Balaban J connectivity index is 2.02. The van der Waals surface area contributed by atoms with Gasteiger partial charge in [0.15, 0.2) is 0 Å². The Kier molecular flexibility index (Phi) is 6.46. The molecule has 0 saturated heterocycles. The summed E-state index contributed by atoms with van der Waals surface area (Å²) in [6.45, 7) is 3.59. The van der Waals surface area contributed by atoms with Gasteiger partial charge in [0.1, 0.15) is 11.5 Å². The molecule has 7 heteroatoms. The summed E-state index contributed by atoms with van der Waals surface area (Å²) < 4.78 is 10.3. The van der Waals surface area contributed by atoms with Gasteiger partial charge in [-0.3, -0.25) is 9.59 Å². The summed E-state index contributed by atoms with van der Waals surface area (Å²) >= 11 is 6.17. The number of halogens is 1. The molecule has 0 aliphatic heterocycles. The lowest BCUT2D eigenvalue weighted by Crippen LogP contribution is -2.33. The lowest BCUT2D eigenvalue weighted by molar-refractivity contribution is -0.115. The molecule has 0 unspecified atom stereocenters. The molecule has 2 rings (SSSR count). The summed E-state index contributed by atoms with van der Waals surface area (Å²) in [6.07, 6.45) is 0. The highest BCUT2D eigenvalue weighted by Gasteiger charge is 2.13. The van der Waals surface area contributed by atoms with Gasteiger partial charge in [0.2, 0.25) is 5.91 Å². The first-order valence-electron chi connectivity index (χ1n) is 7.92. The zero-order chi connectivity index (χ0) is 19.3. The summed E-state index contributed by atoms with van der Waals surface area (Å²) in [5, 5.41) is 5.75. The number of anilines is 1. The number of carbonyl (C=O) groups is 2. The van der Waals surface area contributed by atoms with Gasteiger partial charge in [0, 0.05) is 11.6 Å². The van der Waals surface area contributed by atoms with Gasteiger partial charge in [-0.2, -0.15) is 0 Å². The Morgan fingerprint density at radius 3 is 2.15 bits per heavy atom. The molecule has 0 spiro atoms. The second-order valence-electron chi connectivity index (χ2n) is 5.77. The zero-order valence-corrected chi connectivity index (χ0v) is 15.9. The quantitative estimate of drug-likeness (QED) is 0.810. The lowest BCUT2D eigenvalue weighted by Gasteiger charge is -2.12. The van der Waals surface area contributed by atoms with Crippen molar-refractivity contribution in [1.82, 2.24) is 5.32 Å². The van der Waals surface area contributed by atoms with Gasteiger partial charge in [0.05, 0.1) is 31.5 Å². The fourth-order valence-corrected chi connectivity index (χ4v) is 2.83. The monoisotopic (exact) mass is 376 g/mol. The standard InChI is InChI=1S/C19H21ClN2O4/c1-11-5-12(2)18(16(20)6-11)22-17(23)10-21-19(24)13-7-14(25-3)9-15(8-13)26-4/h5-9H,10H2,1-4H3,(H,21,24)(H,22,23). The maximum absolute atomic E-state index is 12.3. The molecule has 0 bridgehead atoms. The van der Waals surface area contributed by atoms with E-state index in [2.05, 4.69) is 10.6 Å². The number of ether oxygens (including phenoxy) is 2. The molecule has 0 aliphatic carbocycles. The van der Waals surface area contributed by atoms with Gasteiger partial charge in [0.25, 0.3) is 5.91 Å². The van der Waals surface area contributed by atoms with E-state index in [0.29, 0.717) is 27.8 Å². The van der Waals surface area contributed by atoms with Crippen molar-refractivity contribution in [3.63, 3.8) is 0 Å². The minimum Gasteiger partial charge on any atom is -0.497 e. The predicted octanol–water partition coefficient (Wildman–Crippen LogP) is 3.34. The fraction of sp³-hybridized carbons (Fsp3) is 0.263. The average molecular weight is 377 g/mol. The molecular weight excluding hydrogens is 356 g/mol. The van der Waals surface area contributed by atoms with E-state index >= 15 is 0 Å². The van der Waals surface area contributed by atoms with Crippen molar-refractivity contribution >= 4 is 29.1 Å². The normalized spacial score (nSPS) is 10.2. The van der Waals surface area contributed by atoms with E-state index in [9.17, 15) is 9.59 Å². The molecule has 2 amide bonds. The summed E-state index contributed by atoms with van der Waals surface area (Å²) in [5.74, 6) is 0.188. The third-order valence-corrected chi connectivity index (χ3v) is 4.02. The Bertz CT molecular complexity index is 791. The van der Waals surface area contributed by atoms with Crippen molar-refractivity contribution < 1.29 is 19.1 Å². The van der Waals surface area contributed by atoms with E-state index in [1.54, 1.807) is 24.3 Å². The Morgan fingerprint density at radius 2 is 1.62 bits per heavy atom. The van der Waals surface area contributed by atoms with E-state index < -0.39 is 5.91 Å². The van der Waals surface area contributed by atoms with Crippen LogP contribution < -0.4 is 20.1 Å². The number of methoxy groups -OCH3 is 2. The first-order valence-corrected chi connectivity index (χ1v) is 8.29. The van der Waals surface area contributed by atoms with Gasteiger partial charge in [-0.15, -0.1) is 0 Å². The van der Waals surface area contributed by atoms with Gasteiger partial charge in [-0.25, -0.2) is 0 Å². The first kappa shape index (κ1) is 19.6. The largest absolute Gasteiger partial charge is 0.497 e. The van der Waals surface area contributed by atoms with Gasteiger partial charge < -0.3 is 20.1 Å². The Labute approximate surface area is 157 Å². The number of aryl methyl sites for hydroxylation is 2. The summed E-state index contributed by atoms with van der Waals surface area (Å²) in [6, 6.07) is 8.48. The SMILES string of the molecule is COc1cc(OC)cc(C(=O)NCC(=O)Nc2c(C)cc(C)cc2Cl)c1. The van der Waals surface area contributed by atoms with Crippen LogP contribution in [0.2, 0.25) is 5.02 Å². The Morgan fingerprint density at radius 1 is 1.00 bits per heavy atom. The molecule has 26 heavy (non-hydrogen) atoms. The lowest BCUT2D eigenvalue weighted by atomic mass is 10.1. The van der Waals surface area contributed by atoms with Gasteiger partial charge >= 0.3 is 0 Å². The molecule has 0 saturated carbocycles. The number of hydrogen-bond donors (Lipinski definition) is 2. The number of amides is 2. The minimum absolute atomic E-state index is 0.192. The van der Waals surface area contributed by atoms with Crippen LogP contribution >= 0.6 is 11.6 Å². The van der Waals surface area contributed by atoms with E-state index in [-0.39, 0.29) is 12.5 Å². The van der Waals surface area contributed by atoms with Gasteiger partial charge in [-0.05, 0) is 43.2 Å². The van der Waals surface area contributed by atoms with Crippen LogP contribution in [0.1, 0.15) is 21.5 Å². The van der Waals surface area contributed by atoms with Gasteiger partial charge in [-0.1, -0.05) is 17.7 Å². The number of carbonyl (C=O) groups excluding carboxylic acids is 2. The van der Waals surface area contributed by atoms with Crippen LogP contribution in [-0.4, -0.2) is 32.6 Å². The molecule has 2 N–H and O–H groups in total. The van der Waals surface area contributed by atoms with Crippen LogP contribution in [0.25, 0.3) is 0 Å². The molecule has 0 aliphatic rings. The average Bonchev–Trinajstić information content (AvgIpc) is 2.62. The Hall–Kier alpha value is -2.73. The van der Waals surface area contributed by atoms with Crippen LogP contribution in [0.15, 0.2) is 30.3 Å². The van der Waals surface area contributed by atoms with Crippen molar-refractivity contribution in [3.8, 4) is 11.5 Å². The number of hydrogen-bond acceptors (Lipinski definition) is 4. The van der Waals surface area contributed by atoms with Crippen LogP contribution in [0, 0.1) is 13.8 Å². The van der Waals surface area contributed by atoms with Crippen LogP contribution in [-0.2, 0) is 4.79 Å². The van der Waals surface area contributed by atoms with Crippen molar-refractivity contribution in [2.75, 3.05) is 26.1 Å². The fourth-order valence-electron chi connectivity index (χ4n) is 2.46. The van der Waals surface area contributed by atoms with Crippen molar-refractivity contribution in [2.24, 2.45) is 0 Å². The molecule has 0 aromatic heterocycles. The van der Waals surface area contributed by atoms with Crippen molar-refractivity contribution in [1.29, 1.82) is 0 Å². The number of nitrogens with one attached hydrogen (secondary N) is 2. The molecule has 0 radical (unpaired) electrons. The van der Waals surface area contributed by atoms with E-state index in [0.717, 1.165) is 11.1 Å². The number of rotatable bonds is 6. The van der Waals surface area contributed by atoms with E-state index in [1.165, 1.54) is 14.2 Å². The third-order valence-electron chi connectivity index (χ3n) is 3.72. The smallest absolute Gasteiger partial charge is 0.251 e. The van der Waals surface area contributed by atoms with Crippen molar-refractivity contribution in [3.05, 3.63) is 52.0 Å². The van der Waals surface area contributed by atoms with Crippen LogP contribution in [0.3, 0.4) is 0 Å². The zero-order valence-electron chi connectivity index (χ0n) is 15.1. The summed E-state index contributed by atoms with van der Waals surface area (Å²) in [7, 11) is 3.00. The highest BCUT2D eigenvalue weighted by Crippen LogP contribution is 2.27. The highest BCUT2D eigenvalue weighted by atomic mass is 35.5. The molecular formula is C19H21ClN2O4. The van der Waals surface area contributed by atoms with Crippen molar-refractivity contribution in [2.45, 2.75) is 13.8 Å². The minimum atomic E-state index is -0.413. The second kappa shape index (κ2) is 8.58. The number of benzene rings is 2. The molecule has 138 valence electrons. The molecule has 6 nitrogen and oxygen atoms in total. The first-order chi connectivity index (χ1) is 12.3. The summed E-state index contributed by atoms with van der Waals surface area (Å²) in [5.41, 5.74) is 2.73. The molecule has 0 atom stereocenters. The van der Waals surface area contributed by atoms with E-state index in [1.807, 2.05) is 19.9 Å². The third kappa shape index (κ3) is 4.89. The molecule has 0 fully saturated rings. The molecule has 2 aromatic carbocycles. The molecule has 0 heterocycles.